The molecule has 0 aliphatic rings. The van der Waals surface area contributed by atoms with Crippen molar-refractivity contribution in [3.63, 3.8) is 0 Å². The third kappa shape index (κ3) is 11.3. The first-order chi connectivity index (χ1) is 5.63. The number of hydrogen-bond donors (Lipinski definition) is 2. The second kappa shape index (κ2) is 8.90. The summed E-state index contributed by atoms with van der Waals surface area (Å²) in [7, 11) is 6.58. The average Bonchev–Trinajstić information content (AvgIpc) is 1.95. The van der Waals surface area contributed by atoms with Gasteiger partial charge in [0.05, 0.1) is 12.2 Å². The minimum absolute atomic E-state index is 0.232. The van der Waals surface area contributed by atoms with Crippen molar-refractivity contribution >= 4 is 41.2 Å². The molecule has 0 spiro atoms. The molecule has 0 aromatic rings. The van der Waals surface area contributed by atoms with Crippen LogP contribution in [0.15, 0.2) is 0 Å². The van der Waals surface area contributed by atoms with Crippen molar-refractivity contribution in [3.8, 4) is 0 Å². The van der Waals surface area contributed by atoms with Gasteiger partial charge in [-0.3, -0.25) is 0 Å². The maximum atomic E-state index is 8.91. The molecule has 0 heterocycles. The van der Waals surface area contributed by atoms with E-state index in [9.17, 15) is 0 Å². The Morgan fingerprint density at radius 2 is 1.25 bits per heavy atom. The van der Waals surface area contributed by atoms with E-state index in [-0.39, 0.29) is 12.2 Å². The van der Waals surface area contributed by atoms with E-state index in [2.05, 4.69) is 0 Å². The monoisotopic (exact) mass is 246 g/mol. The van der Waals surface area contributed by atoms with Gasteiger partial charge in [-0.25, -0.2) is 0 Å². The molecule has 2 atom stereocenters. The minimum Gasteiger partial charge on any atom is -0.393 e. The number of aliphatic hydroxyl groups is 2. The Labute approximate surface area is 88.8 Å². The highest BCUT2D eigenvalue weighted by atomic mass is 33.7. The van der Waals surface area contributed by atoms with Crippen molar-refractivity contribution in [2.24, 2.45) is 0 Å². The van der Waals surface area contributed by atoms with Crippen molar-refractivity contribution in [1.29, 1.82) is 0 Å². The highest BCUT2D eigenvalue weighted by Gasteiger charge is 1.99. The summed E-state index contributed by atoms with van der Waals surface area (Å²) in [6.07, 6.45) is -0.463. The van der Waals surface area contributed by atoms with Crippen molar-refractivity contribution in [2.75, 3.05) is 11.5 Å². The van der Waals surface area contributed by atoms with E-state index >= 15 is 0 Å². The van der Waals surface area contributed by atoms with Crippen LogP contribution in [-0.2, 0) is 0 Å². The zero-order valence-corrected chi connectivity index (χ0v) is 10.4. The van der Waals surface area contributed by atoms with Gasteiger partial charge in [0.25, 0.3) is 0 Å². The van der Waals surface area contributed by atoms with Gasteiger partial charge in [-0.2, -0.15) is 0 Å². The summed E-state index contributed by atoms with van der Waals surface area (Å²) >= 11 is 0. The van der Waals surface area contributed by atoms with Crippen LogP contribution in [0.1, 0.15) is 13.8 Å². The van der Waals surface area contributed by atoms with Gasteiger partial charge in [-0.1, -0.05) is 21.6 Å². The summed E-state index contributed by atoms with van der Waals surface area (Å²) in [5, 5.41) is 17.8. The number of aliphatic hydroxyl groups excluding tert-OH is 2. The molecule has 2 unspecified atom stereocenters. The molecule has 0 aromatic heterocycles. The van der Waals surface area contributed by atoms with E-state index in [0.717, 1.165) is 11.5 Å². The molecule has 0 aromatic carbocycles. The second-order valence-electron chi connectivity index (χ2n) is 2.40. The summed E-state index contributed by atoms with van der Waals surface area (Å²) in [6.45, 7) is 3.56. The first-order valence-electron chi connectivity index (χ1n) is 3.56. The van der Waals surface area contributed by atoms with Crippen LogP contribution in [0.5, 0.6) is 0 Å². The maximum Gasteiger partial charge on any atom is 0.0611 e. The number of rotatable bonds is 7. The summed E-state index contributed by atoms with van der Waals surface area (Å²) in [6, 6.07) is 0. The van der Waals surface area contributed by atoms with Crippen molar-refractivity contribution in [3.05, 3.63) is 0 Å². The van der Waals surface area contributed by atoms with Crippen LogP contribution in [0.4, 0.5) is 0 Å². The summed E-state index contributed by atoms with van der Waals surface area (Å²) < 4.78 is 0. The normalized spacial score (nSPS) is 16.0. The minimum atomic E-state index is -0.232. The molecule has 0 amide bonds. The third-order valence-electron chi connectivity index (χ3n) is 0.742. The molecule has 12 heavy (non-hydrogen) atoms. The highest BCUT2D eigenvalue weighted by Crippen LogP contribution is 2.43. The summed E-state index contributed by atoms with van der Waals surface area (Å²) in [5.74, 6) is 1.51. The van der Waals surface area contributed by atoms with Crippen LogP contribution in [-0.4, -0.2) is 33.9 Å². The molecule has 0 aliphatic heterocycles. The first-order valence-corrected chi connectivity index (χ1v) is 8.72. The molecule has 0 fully saturated rings. The molecule has 74 valence electrons. The zero-order chi connectivity index (χ0) is 9.40. The Morgan fingerprint density at radius 3 is 1.50 bits per heavy atom. The van der Waals surface area contributed by atoms with Crippen LogP contribution in [0, 0.1) is 0 Å². The van der Waals surface area contributed by atoms with Gasteiger partial charge in [-0.05, 0) is 33.5 Å². The van der Waals surface area contributed by atoms with Gasteiger partial charge < -0.3 is 10.2 Å². The molecule has 0 saturated heterocycles. The van der Waals surface area contributed by atoms with Crippen LogP contribution < -0.4 is 0 Å². The molecular formula is C6H14O2S4. The van der Waals surface area contributed by atoms with E-state index in [0.29, 0.717) is 0 Å². The van der Waals surface area contributed by atoms with Crippen LogP contribution in [0.25, 0.3) is 0 Å². The highest BCUT2D eigenvalue weighted by molar-refractivity contribution is 9.26. The third-order valence-corrected chi connectivity index (χ3v) is 7.52. The fourth-order valence-corrected chi connectivity index (χ4v) is 6.45. The van der Waals surface area contributed by atoms with Crippen molar-refractivity contribution in [2.45, 2.75) is 26.1 Å². The average molecular weight is 246 g/mol. The molecule has 6 heteroatoms. The molecule has 0 radical (unpaired) electrons. The topological polar surface area (TPSA) is 40.5 Å². The van der Waals surface area contributed by atoms with Gasteiger partial charge in [0.2, 0.25) is 0 Å². The molecule has 2 N–H and O–H groups in total. The molecule has 0 bridgehead atoms. The Balaban J connectivity index is 2.91. The van der Waals surface area contributed by atoms with Crippen molar-refractivity contribution in [1.82, 2.24) is 0 Å². The molecule has 0 rings (SSSR count). The van der Waals surface area contributed by atoms with Crippen molar-refractivity contribution < 1.29 is 10.2 Å². The van der Waals surface area contributed by atoms with Gasteiger partial charge in [0, 0.05) is 11.5 Å². The molecule has 0 aliphatic carbocycles. The summed E-state index contributed by atoms with van der Waals surface area (Å²) in [5.41, 5.74) is 0. The Bertz CT molecular complexity index is 87.5. The SMILES string of the molecule is CC(O)CSSSSCC(C)O. The maximum absolute atomic E-state index is 8.91. The summed E-state index contributed by atoms with van der Waals surface area (Å²) in [4.78, 5) is 0. The van der Waals surface area contributed by atoms with E-state index in [1.54, 1.807) is 55.1 Å². The Morgan fingerprint density at radius 1 is 0.917 bits per heavy atom. The standard InChI is InChI=1S/C6H14O2S4/c1-5(7)3-9-11-12-10-4-6(2)8/h5-8H,3-4H2,1-2H3. The van der Waals surface area contributed by atoms with Gasteiger partial charge in [-0.15, -0.1) is 0 Å². The lowest BCUT2D eigenvalue weighted by molar-refractivity contribution is 0.220. The smallest absolute Gasteiger partial charge is 0.0611 e. The van der Waals surface area contributed by atoms with Crippen LogP contribution >= 0.6 is 41.2 Å². The zero-order valence-electron chi connectivity index (χ0n) is 7.10. The number of hydrogen-bond acceptors (Lipinski definition) is 6. The predicted octanol–water partition coefficient (Wildman–Crippen LogP) is 2.43. The molecular weight excluding hydrogens is 232 g/mol. The predicted molar refractivity (Wildman–Crippen MR) is 63.5 cm³/mol. The molecule has 2 nitrogen and oxygen atoms in total. The van der Waals surface area contributed by atoms with Crippen LogP contribution in [0.2, 0.25) is 0 Å². The van der Waals surface area contributed by atoms with E-state index in [1.807, 2.05) is 0 Å². The lowest BCUT2D eigenvalue weighted by Gasteiger charge is -2.03. The van der Waals surface area contributed by atoms with E-state index < -0.39 is 0 Å². The Kier molecular flexibility index (Phi) is 9.88. The van der Waals surface area contributed by atoms with E-state index in [4.69, 9.17) is 10.2 Å². The first kappa shape index (κ1) is 13.3. The quantitative estimate of drug-likeness (QED) is 0.531. The fraction of sp³-hybridized carbons (Fsp3) is 1.00. The van der Waals surface area contributed by atoms with Gasteiger partial charge in [0.1, 0.15) is 0 Å². The second-order valence-corrected chi connectivity index (χ2v) is 8.49. The van der Waals surface area contributed by atoms with E-state index in [1.165, 1.54) is 0 Å². The van der Waals surface area contributed by atoms with Crippen LogP contribution in [0.3, 0.4) is 0 Å². The lowest BCUT2D eigenvalue weighted by Crippen LogP contribution is -2.01. The largest absolute Gasteiger partial charge is 0.393 e. The molecule has 0 saturated carbocycles. The van der Waals surface area contributed by atoms with Gasteiger partial charge in [0.15, 0.2) is 0 Å². The fourth-order valence-electron chi connectivity index (χ4n) is 0.292. The Hall–Kier alpha value is 1.32. The van der Waals surface area contributed by atoms with Gasteiger partial charge >= 0.3 is 0 Å². The lowest BCUT2D eigenvalue weighted by atomic mass is 10.5.